The van der Waals surface area contributed by atoms with Gasteiger partial charge in [0.2, 0.25) is 0 Å². The summed E-state index contributed by atoms with van der Waals surface area (Å²) in [5.74, 6) is -0.549. The summed E-state index contributed by atoms with van der Waals surface area (Å²) in [4.78, 5) is 22.7. The van der Waals surface area contributed by atoms with E-state index >= 15 is 0 Å². The van der Waals surface area contributed by atoms with Crippen LogP contribution in [0.3, 0.4) is 0 Å². The number of alkyl carbamates (subject to hydrolysis) is 1. The first-order chi connectivity index (χ1) is 9.64. The molecule has 0 spiro atoms. The van der Waals surface area contributed by atoms with E-state index in [-0.39, 0.29) is 13.0 Å². The van der Waals surface area contributed by atoms with E-state index in [0.717, 1.165) is 0 Å². The molecule has 1 saturated heterocycles. The lowest BCUT2D eigenvalue weighted by Crippen LogP contribution is -2.41. The molecule has 0 unspecified atom stereocenters. The van der Waals surface area contributed by atoms with Gasteiger partial charge in [0.1, 0.15) is 23.9 Å². The van der Waals surface area contributed by atoms with Crippen LogP contribution < -0.4 is 5.32 Å². The van der Waals surface area contributed by atoms with E-state index in [4.69, 9.17) is 9.47 Å². The predicted molar refractivity (Wildman–Crippen MR) is 71.5 cm³/mol. The summed E-state index contributed by atoms with van der Waals surface area (Å²) in [6.07, 6.45) is -4.91. The molecule has 4 atom stereocenters. The lowest BCUT2D eigenvalue weighted by Gasteiger charge is -2.21. The number of hydrogen-bond donors (Lipinski definition) is 3. The number of carbonyl (C=O) groups excluding carboxylic acids is 2. The van der Waals surface area contributed by atoms with Crippen LogP contribution in [0.4, 0.5) is 4.79 Å². The quantitative estimate of drug-likeness (QED) is 0.603. The molecule has 0 aromatic carbocycles. The summed E-state index contributed by atoms with van der Waals surface area (Å²) < 4.78 is 14.9. The molecule has 1 heterocycles. The van der Waals surface area contributed by atoms with Crippen molar-refractivity contribution in [3.63, 3.8) is 0 Å². The molecule has 21 heavy (non-hydrogen) atoms. The molecule has 0 saturated carbocycles. The maximum Gasteiger partial charge on any atom is 0.407 e. The third-order valence-electron chi connectivity index (χ3n) is 2.90. The lowest BCUT2D eigenvalue weighted by molar-refractivity contribution is -0.144. The van der Waals surface area contributed by atoms with Crippen LogP contribution in [0.25, 0.3) is 0 Å². The SMILES string of the molecule is COC(=O)C[C@@H]1O[C@H](CNC(=O)OC(C)(C)C)[C@@H](O)[C@H]1O. The number of carbonyl (C=O) groups is 2. The molecule has 3 N–H and O–H groups in total. The van der Waals surface area contributed by atoms with Crippen molar-refractivity contribution >= 4 is 12.1 Å². The van der Waals surface area contributed by atoms with Gasteiger partial charge in [0.15, 0.2) is 0 Å². The highest BCUT2D eigenvalue weighted by Crippen LogP contribution is 2.23. The van der Waals surface area contributed by atoms with Gasteiger partial charge in [0.05, 0.1) is 19.6 Å². The molecule has 8 nitrogen and oxygen atoms in total. The first-order valence-corrected chi connectivity index (χ1v) is 6.69. The first-order valence-electron chi connectivity index (χ1n) is 6.69. The zero-order valence-electron chi connectivity index (χ0n) is 12.7. The van der Waals surface area contributed by atoms with Gasteiger partial charge in [-0.25, -0.2) is 4.79 Å². The maximum atomic E-state index is 11.5. The monoisotopic (exact) mass is 305 g/mol. The third-order valence-corrected chi connectivity index (χ3v) is 2.90. The number of amides is 1. The minimum absolute atomic E-state index is 0.0369. The van der Waals surface area contributed by atoms with Crippen molar-refractivity contribution in [3.05, 3.63) is 0 Å². The molecule has 0 aromatic rings. The molecule has 1 rings (SSSR count). The van der Waals surface area contributed by atoms with Gasteiger partial charge in [0, 0.05) is 6.54 Å². The van der Waals surface area contributed by atoms with Crippen LogP contribution in [0, 0.1) is 0 Å². The second kappa shape index (κ2) is 7.06. The fourth-order valence-electron chi connectivity index (χ4n) is 1.91. The van der Waals surface area contributed by atoms with Crippen LogP contribution in [0.5, 0.6) is 0 Å². The van der Waals surface area contributed by atoms with Gasteiger partial charge in [0.25, 0.3) is 0 Å². The Morgan fingerprint density at radius 2 is 1.76 bits per heavy atom. The number of esters is 1. The topological polar surface area (TPSA) is 114 Å². The summed E-state index contributed by atoms with van der Waals surface area (Å²) >= 11 is 0. The molecule has 1 fully saturated rings. The predicted octanol–water partition coefficient (Wildman–Crippen LogP) is -0.437. The van der Waals surface area contributed by atoms with Crippen molar-refractivity contribution in [3.8, 4) is 0 Å². The first kappa shape index (κ1) is 17.7. The second-order valence-corrected chi connectivity index (χ2v) is 5.86. The molecular weight excluding hydrogens is 282 g/mol. The minimum atomic E-state index is -1.21. The summed E-state index contributed by atoms with van der Waals surface area (Å²) in [6, 6.07) is 0. The zero-order valence-corrected chi connectivity index (χ0v) is 12.7. The van der Waals surface area contributed by atoms with E-state index in [0.29, 0.717) is 0 Å². The Bertz CT molecular complexity index is 379. The van der Waals surface area contributed by atoms with Gasteiger partial charge < -0.3 is 29.7 Å². The Morgan fingerprint density at radius 3 is 2.29 bits per heavy atom. The second-order valence-electron chi connectivity index (χ2n) is 5.86. The Hall–Kier alpha value is -1.38. The highest BCUT2D eigenvalue weighted by molar-refractivity contribution is 5.70. The smallest absolute Gasteiger partial charge is 0.407 e. The minimum Gasteiger partial charge on any atom is -0.469 e. The molecule has 0 aromatic heterocycles. The van der Waals surface area contributed by atoms with E-state index in [1.807, 2.05) is 0 Å². The summed E-state index contributed by atoms with van der Waals surface area (Å²) in [7, 11) is 1.22. The summed E-state index contributed by atoms with van der Waals surface area (Å²) in [5, 5.41) is 22.1. The van der Waals surface area contributed by atoms with Crippen LogP contribution in [0.15, 0.2) is 0 Å². The molecule has 8 heteroatoms. The molecule has 1 aliphatic rings. The Balaban J connectivity index is 2.46. The van der Waals surface area contributed by atoms with Crippen LogP contribution in [0.1, 0.15) is 27.2 Å². The number of ether oxygens (including phenoxy) is 3. The van der Waals surface area contributed by atoms with Crippen molar-refractivity contribution in [1.29, 1.82) is 0 Å². The van der Waals surface area contributed by atoms with Gasteiger partial charge in [-0.2, -0.15) is 0 Å². The molecule has 0 radical (unpaired) electrons. The van der Waals surface area contributed by atoms with Crippen molar-refractivity contribution in [2.45, 2.75) is 57.2 Å². The largest absolute Gasteiger partial charge is 0.469 e. The van der Waals surface area contributed by atoms with Crippen LogP contribution in [-0.4, -0.2) is 65.9 Å². The van der Waals surface area contributed by atoms with E-state index in [1.54, 1.807) is 20.8 Å². The average molecular weight is 305 g/mol. The highest BCUT2D eigenvalue weighted by atomic mass is 16.6. The number of hydrogen-bond acceptors (Lipinski definition) is 7. The van der Waals surface area contributed by atoms with E-state index in [1.165, 1.54) is 7.11 Å². The highest BCUT2D eigenvalue weighted by Gasteiger charge is 2.43. The standard InChI is InChI=1S/C13H23NO7/c1-13(2,3)21-12(18)14-6-8-11(17)10(16)7(20-8)5-9(15)19-4/h7-8,10-11,16-17H,5-6H2,1-4H3,(H,14,18)/t7-,8+,10-,11+/m0/s1. The van der Waals surface area contributed by atoms with Gasteiger partial charge in [-0.05, 0) is 20.8 Å². The van der Waals surface area contributed by atoms with Gasteiger partial charge in [-0.1, -0.05) is 0 Å². The normalized spacial score (nSPS) is 29.0. The van der Waals surface area contributed by atoms with Crippen LogP contribution in [-0.2, 0) is 19.0 Å². The fourth-order valence-corrected chi connectivity index (χ4v) is 1.91. The number of nitrogens with one attached hydrogen (secondary N) is 1. The fraction of sp³-hybridized carbons (Fsp3) is 0.846. The molecule has 0 bridgehead atoms. The molecule has 0 aliphatic carbocycles. The van der Waals surface area contributed by atoms with Gasteiger partial charge in [-0.15, -0.1) is 0 Å². The average Bonchev–Trinajstić information content (AvgIpc) is 2.62. The molecule has 1 amide bonds. The summed E-state index contributed by atoms with van der Waals surface area (Å²) in [5.41, 5.74) is -0.633. The maximum absolute atomic E-state index is 11.5. The van der Waals surface area contributed by atoms with Gasteiger partial charge >= 0.3 is 12.1 Å². The number of methoxy groups -OCH3 is 1. The van der Waals surface area contributed by atoms with Crippen LogP contribution in [0.2, 0.25) is 0 Å². The van der Waals surface area contributed by atoms with Crippen LogP contribution >= 0.6 is 0 Å². The van der Waals surface area contributed by atoms with Gasteiger partial charge in [-0.3, -0.25) is 4.79 Å². The number of aliphatic hydroxyl groups is 2. The third kappa shape index (κ3) is 5.49. The Morgan fingerprint density at radius 1 is 1.19 bits per heavy atom. The van der Waals surface area contributed by atoms with Crippen molar-refractivity contribution in [2.75, 3.05) is 13.7 Å². The lowest BCUT2D eigenvalue weighted by atomic mass is 10.1. The van der Waals surface area contributed by atoms with Crippen molar-refractivity contribution in [1.82, 2.24) is 5.32 Å². The molecule has 122 valence electrons. The molecule has 1 aliphatic heterocycles. The number of rotatable bonds is 4. The van der Waals surface area contributed by atoms with E-state index in [9.17, 15) is 19.8 Å². The van der Waals surface area contributed by atoms with Crippen molar-refractivity contribution < 1.29 is 34.0 Å². The summed E-state index contributed by atoms with van der Waals surface area (Å²) in [6.45, 7) is 5.14. The number of aliphatic hydroxyl groups excluding tert-OH is 2. The molecular formula is C13H23NO7. The van der Waals surface area contributed by atoms with Crippen molar-refractivity contribution in [2.24, 2.45) is 0 Å². The van der Waals surface area contributed by atoms with E-state index in [2.05, 4.69) is 10.1 Å². The zero-order chi connectivity index (χ0) is 16.2. The Labute approximate surface area is 123 Å². The Kier molecular flexibility index (Phi) is 5.94. The van der Waals surface area contributed by atoms with E-state index < -0.39 is 42.1 Å².